The molecule has 2 heterocycles. The standard InChI is InChI=1S/C14H14BN2O2.C6H7BrN2O/c1-10(19)13-8-16-17(2)14(13)12-5-3-11(4-6-12)7-15-9-18;1-4(10)5-3-8-9(2)6(5)7/h3-6,8-9H,7H2,1-2H3;3H,1-2H3. The second kappa shape index (κ2) is 10.1. The summed E-state index contributed by atoms with van der Waals surface area (Å²) in [5.74, 6) is 0.0291. The molecule has 0 saturated heterocycles. The number of hydrogen-bond donors (Lipinski definition) is 0. The topological polar surface area (TPSA) is 86.8 Å². The number of carbonyl (C=O) groups excluding carboxylic acids is 3. The first-order valence-corrected chi connectivity index (χ1v) is 9.63. The molecule has 0 saturated carbocycles. The second-order valence-corrected chi connectivity index (χ2v) is 7.14. The van der Waals surface area contributed by atoms with Gasteiger partial charge in [-0.25, -0.2) is 0 Å². The molecule has 1 radical (unpaired) electrons. The third-order valence-electron chi connectivity index (χ3n) is 4.24. The number of benzene rings is 1. The van der Waals surface area contributed by atoms with Crippen LogP contribution in [0.25, 0.3) is 11.3 Å². The fraction of sp³-hybridized carbons (Fsp3) is 0.250. The summed E-state index contributed by atoms with van der Waals surface area (Å²) < 4.78 is 4.04. The Balaban J connectivity index is 0.000000253. The molecule has 29 heavy (non-hydrogen) atoms. The molecular formula is C20H21BBrN4O3. The van der Waals surface area contributed by atoms with Crippen molar-refractivity contribution in [3.05, 3.63) is 58.0 Å². The average Bonchev–Trinajstić information content (AvgIpc) is 3.24. The minimum atomic E-state index is 0.00136. The minimum absolute atomic E-state index is 0.00136. The summed E-state index contributed by atoms with van der Waals surface area (Å²) in [5.41, 5.74) is 4.07. The average molecular weight is 456 g/mol. The van der Waals surface area contributed by atoms with Crippen molar-refractivity contribution in [1.82, 2.24) is 19.6 Å². The van der Waals surface area contributed by atoms with Crippen LogP contribution in [0.5, 0.6) is 0 Å². The molecule has 0 N–H and O–H groups in total. The van der Waals surface area contributed by atoms with Crippen LogP contribution in [-0.4, -0.2) is 44.6 Å². The van der Waals surface area contributed by atoms with E-state index in [1.807, 2.05) is 31.3 Å². The molecule has 9 heteroatoms. The van der Waals surface area contributed by atoms with Gasteiger partial charge in [0.1, 0.15) is 4.60 Å². The van der Waals surface area contributed by atoms with E-state index in [2.05, 4.69) is 26.1 Å². The normalized spacial score (nSPS) is 10.1. The van der Waals surface area contributed by atoms with Gasteiger partial charge < -0.3 is 4.79 Å². The second-order valence-electron chi connectivity index (χ2n) is 6.39. The maximum absolute atomic E-state index is 11.6. The summed E-state index contributed by atoms with van der Waals surface area (Å²) >= 11 is 3.23. The third-order valence-corrected chi connectivity index (χ3v) is 5.18. The van der Waals surface area contributed by atoms with Crippen LogP contribution in [0.4, 0.5) is 0 Å². The number of nitrogens with zero attached hydrogens (tertiary/aromatic N) is 4. The Hall–Kier alpha value is -2.81. The lowest BCUT2D eigenvalue weighted by Gasteiger charge is -2.06. The smallest absolute Gasteiger partial charge is 0.202 e. The summed E-state index contributed by atoms with van der Waals surface area (Å²) in [4.78, 5) is 32.7. The number of ketones is 2. The lowest BCUT2D eigenvalue weighted by Crippen LogP contribution is -2.00. The lowest BCUT2D eigenvalue weighted by molar-refractivity contribution is 0.100. The summed E-state index contributed by atoms with van der Waals surface area (Å²) in [6, 6.07) is 7.79. The van der Waals surface area contributed by atoms with Crippen molar-refractivity contribution in [2.45, 2.75) is 20.2 Å². The molecule has 3 aromatic rings. The van der Waals surface area contributed by atoms with Crippen LogP contribution < -0.4 is 0 Å². The van der Waals surface area contributed by atoms with E-state index < -0.39 is 0 Å². The van der Waals surface area contributed by atoms with Crippen molar-refractivity contribution in [3.63, 3.8) is 0 Å². The molecule has 0 bridgehead atoms. The van der Waals surface area contributed by atoms with E-state index in [4.69, 9.17) is 0 Å². The van der Waals surface area contributed by atoms with Crippen molar-refractivity contribution >= 4 is 41.0 Å². The lowest BCUT2D eigenvalue weighted by atomic mass is 9.74. The summed E-state index contributed by atoms with van der Waals surface area (Å²) in [7, 11) is 5.16. The van der Waals surface area contributed by atoms with Gasteiger partial charge in [-0.05, 0) is 36.1 Å². The van der Waals surface area contributed by atoms with Crippen LogP contribution in [0.2, 0.25) is 0 Å². The van der Waals surface area contributed by atoms with Crippen LogP contribution in [0.1, 0.15) is 40.1 Å². The first-order chi connectivity index (χ1) is 13.8. The van der Waals surface area contributed by atoms with Crippen molar-refractivity contribution in [2.75, 3.05) is 0 Å². The van der Waals surface area contributed by atoms with Gasteiger partial charge in [-0.3, -0.25) is 19.0 Å². The monoisotopic (exact) mass is 455 g/mol. The maximum atomic E-state index is 11.6. The van der Waals surface area contributed by atoms with Crippen LogP contribution in [0.15, 0.2) is 41.3 Å². The SMILES string of the molecule is CC(=O)c1cnn(C)c1-c1ccc(C[B]C=O)cc1.CC(=O)c1cnn(C)c1Br. The summed E-state index contributed by atoms with van der Waals surface area (Å²) in [5, 5.41) is 8.02. The quantitative estimate of drug-likeness (QED) is 0.324. The number of rotatable bonds is 6. The number of Topliss-reactive ketones (excluding diaryl/α,β-unsaturated/α-hetero) is 2. The third kappa shape index (κ3) is 5.60. The summed E-state index contributed by atoms with van der Waals surface area (Å²) in [6.45, 7) is 3.05. The van der Waals surface area contributed by atoms with Gasteiger partial charge in [-0.15, -0.1) is 0 Å². The molecule has 0 atom stereocenters. The zero-order chi connectivity index (χ0) is 21.6. The Morgan fingerprint density at radius 3 is 2.00 bits per heavy atom. The van der Waals surface area contributed by atoms with E-state index in [1.54, 1.807) is 36.1 Å². The molecule has 0 aliphatic rings. The molecule has 7 nitrogen and oxygen atoms in total. The first kappa shape index (κ1) is 22.5. The highest BCUT2D eigenvalue weighted by molar-refractivity contribution is 9.10. The number of hydrogen-bond acceptors (Lipinski definition) is 5. The zero-order valence-electron chi connectivity index (χ0n) is 16.7. The first-order valence-electron chi connectivity index (χ1n) is 8.83. The Morgan fingerprint density at radius 1 is 1.00 bits per heavy atom. The van der Waals surface area contributed by atoms with Crippen molar-refractivity contribution in [2.24, 2.45) is 14.1 Å². The van der Waals surface area contributed by atoms with Gasteiger partial charge in [-0.1, -0.05) is 29.8 Å². The van der Waals surface area contributed by atoms with E-state index >= 15 is 0 Å². The molecule has 0 spiro atoms. The van der Waals surface area contributed by atoms with E-state index in [1.165, 1.54) is 13.8 Å². The molecule has 1 aromatic carbocycles. The fourth-order valence-electron chi connectivity index (χ4n) is 2.68. The Morgan fingerprint density at radius 2 is 1.55 bits per heavy atom. The molecule has 0 fully saturated rings. The highest BCUT2D eigenvalue weighted by Gasteiger charge is 2.14. The van der Waals surface area contributed by atoms with E-state index in [0.717, 1.165) is 27.6 Å². The van der Waals surface area contributed by atoms with E-state index in [0.29, 0.717) is 17.4 Å². The van der Waals surface area contributed by atoms with Crippen LogP contribution in [0, 0.1) is 0 Å². The van der Waals surface area contributed by atoms with Crippen LogP contribution >= 0.6 is 15.9 Å². The number of halogens is 1. The van der Waals surface area contributed by atoms with Gasteiger partial charge in [0.15, 0.2) is 11.6 Å². The number of carbonyl (C=O) groups is 3. The van der Waals surface area contributed by atoms with Crippen LogP contribution in [-0.2, 0) is 25.2 Å². The largest absolute Gasteiger partial charge is 0.316 e. The van der Waals surface area contributed by atoms with Gasteiger partial charge >= 0.3 is 0 Å². The highest BCUT2D eigenvalue weighted by atomic mass is 79.9. The van der Waals surface area contributed by atoms with E-state index in [9.17, 15) is 14.4 Å². The molecule has 149 valence electrons. The van der Waals surface area contributed by atoms with Gasteiger partial charge in [0.2, 0.25) is 7.28 Å². The Kier molecular flexibility index (Phi) is 7.84. The number of aromatic nitrogens is 4. The molecule has 0 aliphatic carbocycles. The minimum Gasteiger partial charge on any atom is -0.316 e. The molecule has 0 amide bonds. The zero-order valence-corrected chi connectivity index (χ0v) is 18.3. The fourth-order valence-corrected chi connectivity index (χ4v) is 3.15. The van der Waals surface area contributed by atoms with Gasteiger partial charge in [0.25, 0.3) is 0 Å². The van der Waals surface area contributed by atoms with Gasteiger partial charge in [0, 0.05) is 19.7 Å². The van der Waals surface area contributed by atoms with E-state index in [-0.39, 0.29) is 11.6 Å². The molecule has 2 aromatic heterocycles. The highest BCUT2D eigenvalue weighted by Crippen LogP contribution is 2.24. The van der Waals surface area contributed by atoms with Gasteiger partial charge in [0.05, 0.1) is 35.4 Å². The predicted molar refractivity (Wildman–Crippen MR) is 116 cm³/mol. The molecule has 3 rings (SSSR count). The number of aryl methyl sites for hydroxylation is 2. The molecular weight excluding hydrogens is 435 g/mol. The Labute approximate surface area is 178 Å². The van der Waals surface area contributed by atoms with Crippen molar-refractivity contribution in [1.29, 1.82) is 0 Å². The molecule has 0 aliphatic heterocycles. The van der Waals surface area contributed by atoms with Gasteiger partial charge in [-0.2, -0.15) is 10.2 Å². The Bertz CT molecular complexity index is 1030. The van der Waals surface area contributed by atoms with Crippen LogP contribution in [0.3, 0.4) is 0 Å². The van der Waals surface area contributed by atoms with Crippen molar-refractivity contribution in [3.8, 4) is 11.3 Å². The van der Waals surface area contributed by atoms with Crippen molar-refractivity contribution < 1.29 is 14.4 Å². The maximum Gasteiger partial charge on any atom is 0.202 e. The molecule has 0 unspecified atom stereocenters. The predicted octanol–water partition coefficient (Wildman–Crippen LogP) is 3.07. The summed E-state index contributed by atoms with van der Waals surface area (Å²) in [6.07, 6.45) is 4.55.